The Hall–Kier alpha value is -4.56. The molecular weight excluding hydrogens is 482 g/mol. The maximum Gasteiger partial charge on any atom is 0.344 e. The predicted octanol–water partition coefficient (Wildman–Crippen LogP) is 7.85. The molecule has 0 atom stereocenters. The van der Waals surface area contributed by atoms with E-state index in [0.29, 0.717) is 16.7 Å². The summed E-state index contributed by atoms with van der Waals surface area (Å²) in [6.45, 7) is 1.85. The van der Waals surface area contributed by atoms with Gasteiger partial charge in [0.15, 0.2) is 0 Å². The number of hydrogen-bond acceptors (Lipinski definition) is 2. The molecule has 182 valence electrons. The normalized spacial score (nSPS) is 10.4. The van der Waals surface area contributed by atoms with Gasteiger partial charge in [-0.25, -0.2) is 0 Å². The summed E-state index contributed by atoms with van der Waals surface area (Å²) in [5, 5.41) is 0. The average Bonchev–Trinajstić information content (AvgIpc) is 2.88. The van der Waals surface area contributed by atoms with Crippen molar-refractivity contribution in [1.82, 2.24) is 0 Å². The molecule has 3 aromatic rings. The molecule has 8 heteroatoms. The Balaban J connectivity index is 2.07. The van der Waals surface area contributed by atoms with E-state index in [1.54, 1.807) is 48.5 Å². The van der Waals surface area contributed by atoms with Gasteiger partial charge in [0.25, 0.3) is 0 Å². The number of benzene rings is 3. The number of halogens is 6. The lowest BCUT2D eigenvalue weighted by Crippen LogP contribution is -2.25. The number of ether oxygens (including phenoxy) is 2. The van der Waals surface area contributed by atoms with Crippen molar-refractivity contribution in [2.45, 2.75) is 12.3 Å². The van der Waals surface area contributed by atoms with E-state index in [2.05, 4.69) is 27.2 Å². The standard InChI is InChI=1S/C28H16F6O2/c1-3-4-5-18-6-8-19(9-7-18)28(2,20-10-14-22(15-11-20)35-26(33)24(29)30)21-12-16-23(17-13-21)36-27(34)25(31)32/h1,6-17H,2H3. The van der Waals surface area contributed by atoms with Crippen molar-refractivity contribution in [3.05, 3.63) is 119 Å². The molecule has 2 nitrogen and oxygen atoms in total. The zero-order valence-corrected chi connectivity index (χ0v) is 18.6. The highest BCUT2D eigenvalue weighted by Crippen LogP contribution is 2.40. The molecule has 0 spiro atoms. The summed E-state index contributed by atoms with van der Waals surface area (Å²) in [6, 6.07) is 14.7. The summed E-state index contributed by atoms with van der Waals surface area (Å²) in [7, 11) is 0. The minimum absolute atomic E-state index is 0.148. The molecule has 3 aromatic carbocycles. The maximum absolute atomic E-state index is 13.2. The minimum atomic E-state index is -2.59. The van der Waals surface area contributed by atoms with Gasteiger partial charge in [-0.1, -0.05) is 42.3 Å². The topological polar surface area (TPSA) is 18.5 Å². The second kappa shape index (κ2) is 11.2. The van der Waals surface area contributed by atoms with Gasteiger partial charge in [-0.05, 0) is 71.9 Å². The van der Waals surface area contributed by atoms with Crippen molar-refractivity contribution in [1.29, 1.82) is 0 Å². The van der Waals surface area contributed by atoms with Crippen LogP contribution in [0.1, 0.15) is 29.2 Å². The zero-order valence-electron chi connectivity index (χ0n) is 18.6. The summed E-state index contributed by atoms with van der Waals surface area (Å²) in [6.07, 6.45) is -0.00474. The molecule has 0 amide bonds. The summed E-state index contributed by atoms with van der Waals surface area (Å²) < 4.78 is 84.8. The third-order valence-electron chi connectivity index (χ3n) is 5.32. The van der Waals surface area contributed by atoms with Gasteiger partial charge in [-0.2, -0.15) is 26.3 Å². The van der Waals surface area contributed by atoms with E-state index in [0.717, 1.165) is 5.56 Å². The van der Waals surface area contributed by atoms with Crippen LogP contribution in [0.25, 0.3) is 0 Å². The SMILES string of the molecule is C#CC#Cc1ccc(C(C)(c2ccc(OC(F)=C(F)F)cc2)c2ccc(OC(F)=C(F)F)cc2)cc1. The molecule has 0 N–H and O–H groups in total. The highest BCUT2D eigenvalue weighted by atomic mass is 19.3. The highest BCUT2D eigenvalue weighted by Gasteiger charge is 2.31. The Morgan fingerprint density at radius 2 is 1.00 bits per heavy atom. The van der Waals surface area contributed by atoms with Crippen LogP contribution in [-0.2, 0) is 5.41 Å². The summed E-state index contributed by atoms with van der Waals surface area (Å²) >= 11 is 0. The van der Waals surface area contributed by atoms with E-state index in [1.165, 1.54) is 24.3 Å². The predicted molar refractivity (Wildman–Crippen MR) is 123 cm³/mol. The molecule has 0 aromatic heterocycles. The zero-order chi connectivity index (χ0) is 26.3. The van der Waals surface area contributed by atoms with Gasteiger partial charge in [0.05, 0.1) is 0 Å². The average molecular weight is 498 g/mol. The molecule has 0 aliphatic heterocycles. The van der Waals surface area contributed by atoms with E-state index in [9.17, 15) is 26.3 Å². The van der Waals surface area contributed by atoms with Gasteiger partial charge in [0.2, 0.25) is 0 Å². The highest BCUT2D eigenvalue weighted by molar-refractivity contribution is 5.53. The monoisotopic (exact) mass is 498 g/mol. The second-order valence-electron chi connectivity index (χ2n) is 7.42. The van der Waals surface area contributed by atoms with Gasteiger partial charge < -0.3 is 9.47 Å². The molecule has 0 heterocycles. The fourth-order valence-electron chi connectivity index (χ4n) is 3.49. The lowest BCUT2D eigenvalue weighted by atomic mass is 9.71. The smallest absolute Gasteiger partial charge is 0.344 e. The summed E-state index contributed by atoms with van der Waals surface area (Å²) in [4.78, 5) is 0. The van der Waals surface area contributed by atoms with E-state index in [-0.39, 0.29) is 11.5 Å². The lowest BCUT2D eigenvalue weighted by molar-refractivity contribution is 0.241. The molecular formula is C28H16F6O2. The Morgan fingerprint density at radius 3 is 1.33 bits per heavy atom. The van der Waals surface area contributed by atoms with Crippen LogP contribution in [0.2, 0.25) is 0 Å². The number of hydrogen-bond donors (Lipinski definition) is 0. The van der Waals surface area contributed by atoms with Crippen molar-refractivity contribution in [2.24, 2.45) is 0 Å². The molecule has 0 saturated carbocycles. The molecule has 0 unspecified atom stereocenters. The van der Waals surface area contributed by atoms with Gasteiger partial charge in [-0.15, -0.1) is 6.42 Å². The first-order chi connectivity index (χ1) is 17.1. The largest absolute Gasteiger partial charge is 0.428 e. The quantitative estimate of drug-likeness (QED) is 0.143. The van der Waals surface area contributed by atoms with E-state index >= 15 is 0 Å². The molecule has 0 aliphatic carbocycles. The van der Waals surface area contributed by atoms with E-state index in [4.69, 9.17) is 6.42 Å². The van der Waals surface area contributed by atoms with E-state index in [1.807, 2.05) is 6.92 Å². The number of terminal acetylenes is 1. The third kappa shape index (κ3) is 5.92. The maximum atomic E-state index is 13.2. The van der Waals surface area contributed by atoms with Gasteiger partial charge >= 0.3 is 24.2 Å². The fourth-order valence-corrected chi connectivity index (χ4v) is 3.49. The van der Waals surface area contributed by atoms with Crippen molar-refractivity contribution in [2.75, 3.05) is 0 Å². The van der Waals surface area contributed by atoms with Crippen LogP contribution in [0.3, 0.4) is 0 Å². The van der Waals surface area contributed by atoms with Crippen LogP contribution in [0.5, 0.6) is 11.5 Å². The molecule has 3 rings (SSSR count). The Morgan fingerprint density at radius 1 is 0.639 bits per heavy atom. The van der Waals surface area contributed by atoms with Crippen LogP contribution in [0.15, 0.2) is 97.0 Å². The minimum Gasteiger partial charge on any atom is -0.428 e. The lowest BCUT2D eigenvalue weighted by Gasteiger charge is -2.32. The summed E-state index contributed by atoms with van der Waals surface area (Å²) in [5.74, 6) is 7.25. The molecule has 0 fully saturated rings. The third-order valence-corrected chi connectivity index (χ3v) is 5.32. The first kappa shape index (κ1) is 26.1. The van der Waals surface area contributed by atoms with Crippen molar-refractivity contribution < 1.29 is 35.8 Å². The molecule has 0 bridgehead atoms. The Kier molecular flexibility index (Phi) is 8.14. The molecule has 36 heavy (non-hydrogen) atoms. The molecule has 0 aliphatic rings. The fraction of sp³-hybridized carbons (Fsp3) is 0.0714. The van der Waals surface area contributed by atoms with Crippen LogP contribution in [0.4, 0.5) is 26.3 Å². The van der Waals surface area contributed by atoms with Crippen LogP contribution in [0, 0.1) is 24.2 Å². The van der Waals surface area contributed by atoms with E-state index < -0.39 is 29.6 Å². The van der Waals surface area contributed by atoms with Gasteiger partial charge in [-0.3, -0.25) is 0 Å². The van der Waals surface area contributed by atoms with Gasteiger partial charge in [0, 0.05) is 11.0 Å². The second-order valence-corrected chi connectivity index (χ2v) is 7.42. The molecule has 0 radical (unpaired) electrons. The Bertz CT molecular complexity index is 1310. The van der Waals surface area contributed by atoms with Crippen molar-refractivity contribution in [3.8, 4) is 35.7 Å². The Labute approximate surface area is 203 Å². The molecule has 0 saturated heterocycles. The van der Waals surface area contributed by atoms with Crippen LogP contribution < -0.4 is 9.47 Å². The first-order valence-electron chi connectivity index (χ1n) is 10.2. The van der Waals surface area contributed by atoms with Crippen LogP contribution in [-0.4, -0.2) is 0 Å². The summed E-state index contributed by atoms with van der Waals surface area (Å²) in [5.41, 5.74) is 1.83. The first-order valence-corrected chi connectivity index (χ1v) is 10.2. The number of rotatable bonds is 7. The van der Waals surface area contributed by atoms with Crippen molar-refractivity contribution >= 4 is 0 Å². The van der Waals surface area contributed by atoms with Gasteiger partial charge in [0.1, 0.15) is 11.5 Å². The van der Waals surface area contributed by atoms with Crippen LogP contribution >= 0.6 is 0 Å². The van der Waals surface area contributed by atoms with Crippen molar-refractivity contribution in [3.63, 3.8) is 0 Å².